The highest BCUT2D eigenvalue weighted by Crippen LogP contribution is 1.50. The van der Waals surface area contributed by atoms with Crippen molar-refractivity contribution in [3.05, 3.63) is 0 Å². The van der Waals surface area contributed by atoms with Gasteiger partial charge in [-0.25, -0.2) is 10.4 Å². The van der Waals surface area contributed by atoms with Gasteiger partial charge in [0, 0.05) is 0 Å². The second kappa shape index (κ2) is 5.52. The van der Waals surface area contributed by atoms with E-state index in [-0.39, 0.29) is 11.9 Å². The van der Waals surface area contributed by atoms with Gasteiger partial charge in [-0.3, -0.25) is 11.1 Å². The lowest BCUT2D eigenvalue weighted by molar-refractivity contribution is -0.116. The summed E-state index contributed by atoms with van der Waals surface area (Å²) in [5, 5.41) is 19.8. The van der Waals surface area contributed by atoms with Gasteiger partial charge in [-0.05, 0) is 4.99 Å². The number of hydrogen-bond acceptors (Lipinski definition) is 4. The monoisotopic (exact) mass is 172 g/mol. The van der Waals surface area contributed by atoms with Crippen LogP contribution in [0.1, 0.15) is 0 Å². The van der Waals surface area contributed by atoms with Gasteiger partial charge < -0.3 is 11.5 Å². The maximum Gasteiger partial charge on any atom is 0.383 e. The molecule has 10 nitrogen and oxygen atoms in total. The maximum atomic E-state index is 4.84. The van der Waals surface area contributed by atoms with Gasteiger partial charge in [0.05, 0.1) is 0 Å². The van der Waals surface area contributed by atoms with E-state index in [0.717, 1.165) is 0 Å². The van der Waals surface area contributed by atoms with Crippen molar-refractivity contribution in [2.24, 2.45) is 22.2 Å². The second-order valence-electron chi connectivity index (χ2n) is 1.41. The number of aromatic nitrogens is 5. The highest BCUT2D eigenvalue weighted by Gasteiger charge is 1.89. The first-order chi connectivity index (χ1) is 5.63. The van der Waals surface area contributed by atoms with E-state index in [9.17, 15) is 0 Å². The Balaban J connectivity index is 0.000000211. The van der Waals surface area contributed by atoms with Gasteiger partial charge in [-0.2, -0.15) is 15.6 Å². The van der Waals surface area contributed by atoms with Crippen LogP contribution >= 0.6 is 0 Å². The highest BCUT2D eigenvalue weighted by atomic mass is 15.6. The zero-order valence-electron chi connectivity index (χ0n) is 5.99. The molecule has 8 N–H and O–H groups in total. The summed E-state index contributed by atoms with van der Waals surface area (Å²) in [7, 11) is 0. The molecule has 0 spiro atoms. The first kappa shape index (κ1) is 9.74. The van der Waals surface area contributed by atoms with Crippen LogP contribution in [-0.2, 0) is 0 Å². The van der Waals surface area contributed by atoms with Gasteiger partial charge in [0.25, 0.3) is 5.96 Å². The third-order valence-electron chi connectivity index (χ3n) is 0.458. The van der Waals surface area contributed by atoms with Crippen LogP contribution in [0.5, 0.6) is 0 Å². The summed E-state index contributed by atoms with van der Waals surface area (Å²) in [5.41, 5.74) is 14.5. The smallest absolute Gasteiger partial charge is 0.356 e. The molecule has 0 fully saturated rings. The minimum atomic E-state index is -0.125. The lowest BCUT2D eigenvalue weighted by Gasteiger charge is -1.76. The van der Waals surface area contributed by atoms with Gasteiger partial charge in [0.15, 0.2) is 0 Å². The lowest BCUT2D eigenvalue weighted by atomic mass is 11.0. The van der Waals surface area contributed by atoms with Crippen molar-refractivity contribution < 1.29 is 5.41 Å². The molecule has 0 aromatic carbocycles. The molecule has 1 rings (SSSR count). The summed E-state index contributed by atoms with van der Waals surface area (Å²) in [6.45, 7) is 0. The zero-order valence-corrected chi connectivity index (χ0v) is 5.99. The van der Waals surface area contributed by atoms with Crippen molar-refractivity contribution in [1.82, 2.24) is 26.1 Å². The minimum Gasteiger partial charge on any atom is -0.356 e. The first-order valence-electron chi connectivity index (χ1n) is 2.60. The predicted octanol–water partition coefficient (Wildman–Crippen LogP) is -5.44. The summed E-state index contributed by atoms with van der Waals surface area (Å²) in [6.07, 6.45) is 0. The Hall–Kier alpha value is -2.26. The summed E-state index contributed by atoms with van der Waals surface area (Å²) < 4.78 is 0. The maximum absolute atomic E-state index is 4.84. The predicted molar refractivity (Wildman–Crippen MR) is 37.9 cm³/mol. The van der Waals surface area contributed by atoms with Crippen LogP contribution in [0.2, 0.25) is 0 Å². The van der Waals surface area contributed by atoms with Crippen molar-refractivity contribution in [2.75, 3.05) is 0 Å². The Bertz CT molecular complexity index is 211. The molecule has 0 saturated heterocycles. The molecule has 12 heavy (non-hydrogen) atoms. The molecule has 0 amide bonds. The van der Waals surface area contributed by atoms with E-state index in [1.54, 1.807) is 0 Å². The second-order valence-corrected chi connectivity index (χ2v) is 1.41. The third-order valence-corrected chi connectivity index (χ3v) is 0.458. The molecule has 0 atom stereocenters. The molecule has 1 heterocycles. The molecular formula is C2H8N10. The molecule has 0 unspecified atom stereocenters. The summed E-state index contributed by atoms with van der Waals surface area (Å²) in [4.78, 5) is 3.22. The van der Waals surface area contributed by atoms with Gasteiger partial charge in [0.2, 0.25) is 0 Å². The number of nitrogens with two attached hydrogens (primary N) is 4. The molecule has 0 aliphatic carbocycles. The van der Waals surface area contributed by atoms with E-state index in [4.69, 9.17) is 22.6 Å². The normalized spacial score (nSPS) is 7.67. The van der Waals surface area contributed by atoms with Crippen molar-refractivity contribution in [3.8, 4) is 0 Å². The topological polar surface area (TPSA) is 182 Å². The van der Waals surface area contributed by atoms with Crippen LogP contribution < -0.4 is 27.8 Å². The summed E-state index contributed by atoms with van der Waals surface area (Å²) >= 11 is 0. The third kappa shape index (κ3) is 7.74. The average Bonchev–Trinajstić information content (AvgIpc) is 2.36. The Morgan fingerprint density at radius 3 is 1.75 bits per heavy atom. The van der Waals surface area contributed by atoms with Crippen molar-refractivity contribution >= 4 is 11.9 Å². The number of nitrogens with zero attached hydrogens (tertiary/aromatic N) is 6. The Morgan fingerprint density at radius 1 is 1.17 bits per heavy atom. The number of guanidine groups is 2. The Morgan fingerprint density at radius 2 is 1.67 bits per heavy atom. The SMILES string of the molecule is NC(=[NH2+])N=C(N)N.n1nn[n-]n1. The molecular weight excluding hydrogens is 164 g/mol. The van der Waals surface area contributed by atoms with Crippen LogP contribution in [0.4, 0.5) is 0 Å². The van der Waals surface area contributed by atoms with Gasteiger partial charge in [0.1, 0.15) is 0 Å². The summed E-state index contributed by atoms with van der Waals surface area (Å²) in [5.74, 6) is -0.250. The number of aliphatic imine (C=N–C) groups is 1. The highest BCUT2D eigenvalue weighted by molar-refractivity contribution is 5.89. The van der Waals surface area contributed by atoms with E-state index >= 15 is 0 Å². The first-order valence-corrected chi connectivity index (χ1v) is 2.60. The van der Waals surface area contributed by atoms with Crippen molar-refractivity contribution in [2.45, 2.75) is 0 Å². The van der Waals surface area contributed by atoms with Crippen LogP contribution in [0.25, 0.3) is 0 Å². The molecule has 0 bridgehead atoms. The molecule has 0 saturated carbocycles. The van der Waals surface area contributed by atoms with Crippen molar-refractivity contribution in [3.63, 3.8) is 0 Å². The molecule has 0 aliphatic rings. The van der Waals surface area contributed by atoms with Crippen LogP contribution in [0.15, 0.2) is 4.99 Å². The van der Waals surface area contributed by atoms with Crippen LogP contribution in [0, 0.1) is 0 Å². The molecule has 10 heteroatoms. The Kier molecular flexibility index (Phi) is 4.48. The fourth-order valence-corrected chi connectivity index (χ4v) is 0.239. The molecule has 0 aliphatic heterocycles. The number of rotatable bonds is 0. The zero-order chi connectivity index (χ0) is 9.40. The van der Waals surface area contributed by atoms with E-state index in [2.05, 4.69) is 31.1 Å². The van der Waals surface area contributed by atoms with Crippen LogP contribution in [0.3, 0.4) is 0 Å². The Labute approximate surface area is 66.7 Å². The van der Waals surface area contributed by atoms with Gasteiger partial charge in [-0.15, -0.1) is 0 Å². The molecule has 0 radical (unpaired) electrons. The molecule has 1 aromatic heterocycles. The summed E-state index contributed by atoms with van der Waals surface area (Å²) in [6, 6.07) is 0. The fraction of sp³-hybridized carbons (Fsp3) is 0. The minimum absolute atomic E-state index is 0.125. The fourth-order valence-electron chi connectivity index (χ4n) is 0.239. The quantitative estimate of drug-likeness (QED) is 0.220. The average molecular weight is 172 g/mol. The molecule has 66 valence electrons. The van der Waals surface area contributed by atoms with E-state index < -0.39 is 0 Å². The van der Waals surface area contributed by atoms with Gasteiger partial charge >= 0.3 is 5.96 Å². The number of hydrogen-bond donors (Lipinski definition) is 4. The van der Waals surface area contributed by atoms with Crippen molar-refractivity contribution in [1.29, 1.82) is 0 Å². The van der Waals surface area contributed by atoms with E-state index in [1.165, 1.54) is 0 Å². The lowest BCUT2D eigenvalue weighted by Crippen LogP contribution is -2.46. The van der Waals surface area contributed by atoms with Crippen LogP contribution in [-0.4, -0.2) is 32.8 Å². The largest absolute Gasteiger partial charge is 0.383 e. The molecule has 1 aromatic rings. The van der Waals surface area contributed by atoms with Gasteiger partial charge in [-0.1, -0.05) is 0 Å². The van der Waals surface area contributed by atoms with E-state index in [0.29, 0.717) is 0 Å². The van der Waals surface area contributed by atoms with E-state index in [1.807, 2.05) is 0 Å². The standard InChI is InChI=1S/C2H7N5.N5/c3-1(4)7-2(5)6;1-2-4-5-3-1/h(H7,3,4,5,6,7);/q;-1/p+1.